The van der Waals surface area contributed by atoms with E-state index in [4.69, 9.17) is 12.2 Å². The van der Waals surface area contributed by atoms with Gasteiger partial charge in [0.05, 0.1) is 11.1 Å². The Labute approximate surface area is 188 Å². The first-order chi connectivity index (χ1) is 15.0. The van der Waals surface area contributed by atoms with Crippen LogP contribution < -0.4 is 5.32 Å². The number of rotatable bonds is 6. The first-order valence-electron chi connectivity index (χ1n) is 9.36. The number of nitrogens with one attached hydrogen (secondary N) is 1. The van der Waals surface area contributed by atoms with Gasteiger partial charge in [-0.2, -0.15) is 0 Å². The highest BCUT2D eigenvalue weighted by Crippen LogP contribution is 2.26. The Kier molecular flexibility index (Phi) is 6.08. The zero-order valence-electron chi connectivity index (χ0n) is 17.2. The summed E-state index contributed by atoms with van der Waals surface area (Å²) in [6.45, 7) is 7.17. The second-order valence-electron chi connectivity index (χ2n) is 7.06. The molecule has 3 rings (SSSR count). The number of aromatic carboxylic acids is 2. The summed E-state index contributed by atoms with van der Waals surface area (Å²) in [7, 11) is 0. The van der Waals surface area contributed by atoms with E-state index in [0.717, 1.165) is 6.07 Å². The van der Waals surface area contributed by atoms with Crippen LogP contribution in [0, 0.1) is 13.8 Å². The fraction of sp³-hybridized carbons (Fsp3) is 0.136. The van der Waals surface area contributed by atoms with Crippen LogP contribution in [0.1, 0.15) is 37.7 Å². The number of carbonyl (C=O) groups is 4. The Morgan fingerprint density at radius 2 is 1.69 bits per heavy atom. The molecule has 1 aliphatic rings. The van der Waals surface area contributed by atoms with Crippen molar-refractivity contribution in [3.05, 3.63) is 70.6 Å². The van der Waals surface area contributed by atoms with Gasteiger partial charge in [0, 0.05) is 23.6 Å². The van der Waals surface area contributed by atoms with E-state index in [1.807, 2.05) is 0 Å². The van der Waals surface area contributed by atoms with Crippen molar-refractivity contribution in [2.45, 2.75) is 13.8 Å². The maximum absolute atomic E-state index is 12.8. The smallest absolute Gasteiger partial charge is 0.335 e. The SMILES string of the molecule is C=CCN1C(=O)/C(=C\c2cc(C)n(-c3cc(C(=O)O)cc(C(=O)O)c3)c2C)C(=O)NC1=S. The molecule has 2 amide bonds. The van der Waals surface area contributed by atoms with Crippen LogP contribution in [-0.4, -0.2) is 55.1 Å². The van der Waals surface area contributed by atoms with E-state index in [9.17, 15) is 29.4 Å². The molecule has 0 saturated carbocycles. The van der Waals surface area contributed by atoms with Gasteiger partial charge in [-0.05, 0) is 62.0 Å². The van der Waals surface area contributed by atoms with Crippen LogP contribution in [0.15, 0.2) is 42.5 Å². The van der Waals surface area contributed by atoms with Gasteiger partial charge in [0.1, 0.15) is 5.57 Å². The lowest BCUT2D eigenvalue weighted by Gasteiger charge is -2.27. The standard InChI is InChI=1S/C22H19N3O6S/c1-4-5-24-19(27)17(18(26)23-22(24)32)10-13-6-11(2)25(12(13)3)16-8-14(20(28)29)7-15(9-16)21(30)31/h4,6-10H,1,5H2,2-3H3,(H,28,29)(H,30,31)(H,23,26,32)/b17-10-. The van der Waals surface area contributed by atoms with E-state index in [2.05, 4.69) is 11.9 Å². The van der Waals surface area contributed by atoms with Crippen LogP contribution >= 0.6 is 12.2 Å². The number of amides is 2. The van der Waals surface area contributed by atoms with Gasteiger partial charge in [0.15, 0.2) is 5.11 Å². The fourth-order valence-electron chi connectivity index (χ4n) is 3.46. The summed E-state index contributed by atoms with van der Waals surface area (Å²) in [5, 5.41) is 21.2. The number of hydrogen-bond donors (Lipinski definition) is 3. The van der Waals surface area contributed by atoms with Crippen molar-refractivity contribution in [1.29, 1.82) is 0 Å². The van der Waals surface area contributed by atoms with Crippen molar-refractivity contribution in [2.75, 3.05) is 6.54 Å². The zero-order valence-corrected chi connectivity index (χ0v) is 18.0. The minimum absolute atomic E-state index is 0.00536. The van der Waals surface area contributed by atoms with Gasteiger partial charge in [-0.25, -0.2) is 9.59 Å². The van der Waals surface area contributed by atoms with Crippen molar-refractivity contribution < 1.29 is 29.4 Å². The van der Waals surface area contributed by atoms with Gasteiger partial charge in [-0.3, -0.25) is 19.8 Å². The summed E-state index contributed by atoms with van der Waals surface area (Å²) >= 11 is 5.04. The van der Waals surface area contributed by atoms with Crippen molar-refractivity contribution in [2.24, 2.45) is 0 Å². The molecule has 0 unspecified atom stereocenters. The largest absolute Gasteiger partial charge is 0.478 e. The molecule has 2 heterocycles. The lowest BCUT2D eigenvalue weighted by atomic mass is 10.1. The molecular weight excluding hydrogens is 434 g/mol. The second kappa shape index (κ2) is 8.60. The normalized spacial score (nSPS) is 15.1. The van der Waals surface area contributed by atoms with Gasteiger partial charge in [0.2, 0.25) is 0 Å². The van der Waals surface area contributed by atoms with Gasteiger partial charge in [-0.15, -0.1) is 6.58 Å². The molecule has 0 radical (unpaired) electrons. The third-order valence-electron chi connectivity index (χ3n) is 4.94. The van der Waals surface area contributed by atoms with Gasteiger partial charge < -0.3 is 14.8 Å². The molecule has 1 aromatic heterocycles. The number of benzene rings is 1. The molecule has 3 N–H and O–H groups in total. The van der Waals surface area contributed by atoms with Crippen LogP contribution in [0.2, 0.25) is 0 Å². The number of aromatic nitrogens is 1. The highest BCUT2D eigenvalue weighted by atomic mass is 32.1. The number of thiocarbonyl (C=S) groups is 1. The number of carboxylic acid groups (broad SMARTS) is 2. The summed E-state index contributed by atoms with van der Waals surface area (Å²) in [4.78, 5) is 49.3. The number of hydrogen-bond acceptors (Lipinski definition) is 5. The van der Waals surface area contributed by atoms with Gasteiger partial charge >= 0.3 is 11.9 Å². The van der Waals surface area contributed by atoms with Crippen LogP contribution in [0.5, 0.6) is 0 Å². The number of carboxylic acids is 2. The third kappa shape index (κ3) is 4.08. The molecule has 2 aromatic rings. The molecule has 0 aliphatic carbocycles. The lowest BCUT2D eigenvalue weighted by molar-refractivity contribution is -0.128. The predicted molar refractivity (Wildman–Crippen MR) is 120 cm³/mol. The van der Waals surface area contributed by atoms with E-state index < -0.39 is 23.8 Å². The van der Waals surface area contributed by atoms with Gasteiger partial charge in [-0.1, -0.05) is 6.08 Å². The van der Waals surface area contributed by atoms with E-state index in [-0.39, 0.29) is 28.4 Å². The Hall–Kier alpha value is -4.05. The quantitative estimate of drug-likeness (QED) is 0.265. The monoisotopic (exact) mass is 453 g/mol. The summed E-state index contributed by atoms with van der Waals surface area (Å²) in [5.41, 5.74) is 1.62. The minimum atomic E-state index is -1.26. The Bertz CT molecular complexity index is 1210. The zero-order chi connectivity index (χ0) is 23.7. The van der Waals surface area contributed by atoms with E-state index in [1.54, 1.807) is 24.5 Å². The first kappa shape index (κ1) is 22.6. The molecule has 1 fully saturated rings. The second-order valence-corrected chi connectivity index (χ2v) is 7.45. The summed E-state index contributed by atoms with van der Waals surface area (Å²) < 4.78 is 1.66. The number of nitrogens with zero attached hydrogens (tertiary/aromatic N) is 2. The van der Waals surface area contributed by atoms with Crippen LogP contribution in [0.25, 0.3) is 11.8 Å². The Morgan fingerprint density at radius 1 is 1.09 bits per heavy atom. The summed E-state index contributed by atoms with van der Waals surface area (Å²) in [6, 6.07) is 5.50. The molecule has 32 heavy (non-hydrogen) atoms. The Morgan fingerprint density at radius 3 is 2.22 bits per heavy atom. The first-order valence-corrected chi connectivity index (χ1v) is 9.76. The van der Waals surface area contributed by atoms with E-state index in [0.29, 0.717) is 22.6 Å². The average molecular weight is 453 g/mol. The van der Waals surface area contributed by atoms with Crippen LogP contribution in [0.3, 0.4) is 0 Å². The van der Waals surface area contributed by atoms with Crippen molar-refractivity contribution in [1.82, 2.24) is 14.8 Å². The highest BCUT2D eigenvalue weighted by molar-refractivity contribution is 7.80. The van der Waals surface area contributed by atoms with Crippen molar-refractivity contribution in [3.8, 4) is 5.69 Å². The molecule has 1 aliphatic heterocycles. The average Bonchev–Trinajstić information content (AvgIpc) is 3.00. The molecule has 10 heteroatoms. The molecule has 0 atom stereocenters. The maximum atomic E-state index is 12.8. The Balaban J connectivity index is 2.13. The third-order valence-corrected chi connectivity index (χ3v) is 5.26. The van der Waals surface area contributed by atoms with Crippen molar-refractivity contribution in [3.63, 3.8) is 0 Å². The molecule has 0 spiro atoms. The molecular formula is C22H19N3O6S. The predicted octanol–water partition coefficient (Wildman–Crippen LogP) is 2.30. The number of carbonyl (C=O) groups excluding carboxylic acids is 2. The highest BCUT2D eigenvalue weighted by Gasteiger charge is 2.33. The van der Waals surface area contributed by atoms with Gasteiger partial charge in [0.25, 0.3) is 11.8 Å². The molecule has 1 saturated heterocycles. The van der Waals surface area contributed by atoms with E-state index in [1.165, 1.54) is 29.2 Å². The fourth-order valence-corrected chi connectivity index (χ4v) is 3.71. The van der Waals surface area contributed by atoms with Crippen LogP contribution in [0.4, 0.5) is 0 Å². The molecule has 1 aromatic carbocycles. The topological polar surface area (TPSA) is 129 Å². The van der Waals surface area contributed by atoms with E-state index >= 15 is 0 Å². The summed E-state index contributed by atoms with van der Waals surface area (Å²) in [5.74, 6) is -3.72. The molecule has 164 valence electrons. The van der Waals surface area contributed by atoms with Crippen molar-refractivity contribution >= 4 is 47.2 Å². The minimum Gasteiger partial charge on any atom is -0.478 e. The lowest BCUT2D eigenvalue weighted by Crippen LogP contribution is -2.53. The number of aryl methyl sites for hydroxylation is 1. The molecule has 0 bridgehead atoms. The summed E-state index contributed by atoms with van der Waals surface area (Å²) in [6.07, 6.45) is 2.91. The molecule has 9 nitrogen and oxygen atoms in total. The maximum Gasteiger partial charge on any atom is 0.335 e. The van der Waals surface area contributed by atoms with Crippen LogP contribution in [-0.2, 0) is 9.59 Å².